The van der Waals surface area contributed by atoms with Crippen LogP contribution >= 0.6 is 0 Å². The zero-order valence-electron chi connectivity index (χ0n) is 22.4. The lowest BCUT2D eigenvalue weighted by molar-refractivity contribution is 0.0600. The fourth-order valence-electron chi connectivity index (χ4n) is 3.12. The number of methoxy groups -OCH3 is 1. The second-order valence-electron chi connectivity index (χ2n) is 7.94. The normalized spacial score (nSPS) is 9.89. The van der Waals surface area contributed by atoms with Crippen LogP contribution in [-0.4, -0.2) is 66.2 Å². The van der Waals surface area contributed by atoms with Crippen molar-refractivity contribution in [2.75, 3.05) is 13.7 Å². The first-order valence-corrected chi connectivity index (χ1v) is 11.4. The standard InChI is InChI=1S/C11H13N3O2.C10H13N5O.C2H6O.H4N2.H2O/c1-7(2)14-10-5-4-8(11(15)16-3)6-9(10)12-13-14;1-6(2)15-9-4-3-7(10(16)12-11)5-8(9)13-14-15;1-2-3;1-2;/h4-7H,1-3H3;3-6H,11H2,1-2H3,(H,12,16);3H,2H2,1H3;1-2H2;1H2. The number of carbonyl (C=O) groups is 2. The number of hydrogen-bond acceptors (Lipinski definition) is 11. The number of aliphatic hydroxyl groups is 1. The van der Waals surface area contributed by atoms with Gasteiger partial charge in [0.25, 0.3) is 5.91 Å². The van der Waals surface area contributed by atoms with Crippen molar-refractivity contribution in [1.82, 2.24) is 35.4 Å². The highest BCUT2D eigenvalue weighted by Crippen LogP contribution is 2.18. The van der Waals surface area contributed by atoms with E-state index in [1.54, 1.807) is 35.9 Å². The number of nitrogen functional groups attached to an aromatic ring is 1. The lowest BCUT2D eigenvalue weighted by Gasteiger charge is -2.05. The number of aromatic nitrogens is 6. The van der Waals surface area contributed by atoms with E-state index in [2.05, 4.69) is 42.5 Å². The van der Waals surface area contributed by atoms with Crippen LogP contribution in [0.25, 0.3) is 22.1 Å². The van der Waals surface area contributed by atoms with E-state index in [0.29, 0.717) is 22.2 Å². The number of nitrogens with two attached hydrogens (primary N) is 3. The lowest BCUT2D eigenvalue weighted by atomic mass is 10.2. The maximum absolute atomic E-state index is 11.3. The SMILES string of the molecule is CC(C)n1nnc2cc(C(=O)NN)ccc21.CCO.COC(=O)c1ccc2c(c1)nnn2C(C)C.NN.O. The Morgan fingerprint density at radius 2 is 1.32 bits per heavy atom. The second kappa shape index (κ2) is 16.7. The van der Waals surface area contributed by atoms with E-state index in [9.17, 15) is 9.59 Å². The molecule has 0 saturated carbocycles. The number of ether oxygens (including phenoxy) is 1. The molecule has 0 saturated heterocycles. The summed E-state index contributed by atoms with van der Waals surface area (Å²) in [5.74, 6) is 12.4. The molecular formula is C23H38N10O5. The third-order valence-electron chi connectivity index (χ3n) is 4.73. The lowest BCUT2D eigenvalue weighted by Crippen LogP contribution is -2.29. The van der Waals surface area contributed by atoms with E-state index >= 15 is 0 Å². The quantitative estimate of drug-likeness (QED) is 0.104. The van der Waals surface area contributed by atoms with Crippen LogP contribution in [0, 0.1) is 0 Å². The molecule has 10 N–H and O–H groups in total. The molecule has 38 heavy (non-hydrogen) atoms. The molecule has 0 spiro atoms. The number of esters is 1. The van der Waals surface area contributed by atoms with Gasteiger partial charge in [0.1, 0.15) is 11.0 Å². The van der Waals surface area contributed by atoms with Gasteiger partial charge >= 0.3 is 5.97 Å². The van der Waals surface area contributed by atoms with E-state index < -0.39 is 0 Å². The highest BCUT2D eigenvalue weighted by molar-refractivity contribution is 5.97. The predicted octanol–water partition coefficient (Wildman–Crippen LogP) is 0.407. The molecular weight excluding hydrogens is 496 g/mol. The average Bonchev–Trinajstić information content (AvgIpc) is 3.53. The molecule has 0 aliphatic carbocycles. The first-order chi connectivity index (χ1) is 17.7. The molecule has 0 unspecified atom stereocenters. The zero-order chi connectivity index (χ0) is 28.1. The van der Waals surface area contributed by atoms with Gasteiger partial charge < -0.3 is 15.3 Å². The van der Waals surface area contributed by atoms with Gasteiger partial charge in [0, 0.05) is 24.3 Å². The maximum Gasteiger partial charge on any atom is 0.337 e. The van der Waals surface area contributed by atoms with E-state index in [-0.39, 0.29) is 36.0 Å². The molecule has 2 aromatic heterocycles. The maximum atomic E-state index is 11.3. The van der Waals surface area contributed by atoms with Crippen molar-refractivity contribution in [3.05, 3.63) is 47.5 Å². The van der Waals surface area contributed by atoms with Crippen molar-refractivity contribution in [2.24, 2.45) is 17.5 Å². The fraction of sp³-hybridized carbons (Fsp3) is 0.391. The molecule has 210 valence electrons. The third-order valence-corrected chi connectivity index (χ3v) is 4.73. The van der Waals surface area contributed by atoms with Crippen LogP contribution in [0.15, 0.2) is 36.4 Å². The number of fused-ring (bicyclic) bond motifs is 2. The van der Waals surface area contributed by atoms with Crippen LogP contribution in [0.4, 0.5) is 0 Å². The minimum atomic E-state index is -0.360. The summed E-state index contributed by atoms with van der Waals surface area (Å²) in [6.07, 6.45) is 0. The molecule has 4 aromatic rings. The van der Waals surface area contributed by atoms with E-state index in [4.69, 9.17) is 10.9 Å². The predicted molar refractivity (Wildman–Crippen MR) is 144 cm³/mol. The summed E-state index contributed by atoms with van der Waals surface area (Å²) in [5, 5.41) is 23.7. The Bertz CT molecular complexity index is 1190. The summed E-state index contributed by atoms with van der Waals surface area (Å²) >= 11 is 0. The van der Waals surface area contributed by atoms with Crippen LogP contribution in [0.1, 0.15) is 67.4 Å². The van der Waals surface area contributed by atoms with Gasteiger partial charge in [0.2, 0.25) is 0 Å². The Morgan fingerprint density at radius 1 is 0.921 bits per heavy atom. The molecule has 4 rings (SSSR count). The number of carbonyl (C=O) groups excluding carboxylic acids is 2. The smallest absolute Gasteiger partial charge is 0.337 e. The minimum absolute atomic E-state index is 0. The molecule has 2 heterocycles. The van der Waals surface area contributed by atoms with Crippen LogP contribution < -0.4 is 23.0 Å². The highest BCUT2D eigenvalue weighted by Gasteiger charge is 2.12. The molecule has 15 nitrogen and oxygen atoms in total. The first kappa shape index (κ1) is 34.0. The van der Waals surface area contributed by atoms with Gasteiger partial charge in [-0.3, -0.25) is 21.9 Å². The van der Waals surface area contributed by atoms with Crippen molar-refractivity contribution in [3.63, 3.8) is 0 Å². The van der Waals surface area contributed by atoms with E-state index in [0.717, 1.165) is 11.0 Å². The van der Waals surface area contributed by atoms with Crippen LogP contribution in [-0.2, 0) is 4.74 Å². The molecule has 0 aliphatic heterocycles. The molecule has 0 radical (unpaired) electrons. The Kier molecular flexibility index (Phi) is 14.9. The van der Waals surface area contributed by atoms with Crippen LogP contribution in [0.2, 0.25) is 0 Å². The minimum Gasteiger partial charge on any atom is -0.465 e. The molecule has 15 heteroatoms. The number of nitrogens with zero attached hydrogens (tertiary/aromatic N) is 6. The molecule has 1 amide bonds. The largest absolute Gasteiger partial charge is 0.465 e. The van der Waals surface area contributed by atoms with Gasteiger partial charge in [-0.2, -0.15) is 0 Å². The number of aliphatic hydroxyl groups excluding tert-OH is 1. The van der Waals surface area contributed by atoms with Gasteiger partial charge in [-0.1, -0.05) is 10.4 Å². The van der Waals surface area contributed by atoms with E-state index in [1.807, 2.05) is 44.5 Å². The van der Waals surface area contributed by atoms with E-state index in [1.165, 1.54) is 7.11 Å². The van der Waals surface area contributed by atoms with Crippen molar-refractivity contribution < 1.29 is 24.9 Å². The molecule has 0 fully saturated rings. The second-order valence-corrected chi connectivity index (χ2v) is 7.94. The van der Waals surface area contributed by atoms with Crippen molar-refractivity contribution in [3.8, 4) is 0 Å². The van der Waals surface area contributed by atoms with Crippen LogP contribution in [0.5, 0.6) is 0 Å². The van der Waals surface area contributed by atoms with Crippen molar-refractivity contribution in [1.29, 1.82) is 0 Å². The topological polar surface area (TPSA) is 247 Å². The number of hydrazine groups is 2. The number of nitrogens with one attached hydrogen (secondary N) is 1. The highest BCUT2D eigenvalue weighted by atomic mass is 16.5. The summed E-state index contributed by atoms with van der Waals surface area (Å²) < 4.78 is 8.27. The number of benzene rings is 2. The first-order valence-electron chi connectivity index (χ1n) is 11.4. The van der Waals surface area contributed by atoms with Crippen molar-refractivity contribution >= 4 is 33.9 Å². The Labute approximate surface area is 220 Å². The average molecular weight is 535 g/mol. The molecule has 0 bridgehead atoms. The number of amides is 1. The summed E-state index contributed by atoms with van der Waals surface area (Å²) in [5.41, 5.74) is 6.27. The van der Waals surface area contributed by atoms with Crippen LogP contribution in [0.3, 0.4) is 0 Å². The summed E-state index contributed by atoms with van der Waals surface area (Å²) in [7, 11) is 1.36. The van der Waals surface area contributed by atoms with Gasteiger partial charge in [-0.25, -0.2) is 20.0 Å². The Balaban J connectivity index is 0.000000603. The molecule has 0 aliphatic rings. The van der Waals surface area contributed by atoms with Gasteiger partial charge in [0.15, 0.2) is 0 Å². The number of hydrogen-bond donors (Lipinski definition) is 5. The fourth-order valence-corrected chi connectivity index (χ4v) is 3.12. The zero-order valence-corrected chi connectivity index (χ0v) is 22.4. The summed E-state index contributed by atoms with van der Waals surface area (Å²) in [6.45, 7) is 10.0. The summed E-state index contributed by atoms with van der Waals surface area (Å²) in [6, 6.07) is 10.9. The third kappa shape index (κ3) is 8.53. The monoisotopic (exact) mass is 534 g/mol. The molecule has 2 aromatic carbocycles. The Hall–Kier alpha value is -4.02. The van der Waals surface area contributed by atoms with Gasteiger partial charge in [-0.15, -0.1) is 10.2 Å². The number of rotatable bonds is 4. The molecule has 0 atom stereocenters. The van der Waals surface area contributed by atoms with Gasteiger partial charge in [0.05, 0.1) is 23.7 Å². The van der Waals surface area contributed by atoms with Crippen molar-refractivity contribution in [2.45, 2.75) is 46.7 Å². The Morgan fingerprint density at radius 3 is 1.68 bits per heavy atom. The summed E-state index contributed by atoms with van der Waals surface area (Å²) in [4.78, 5) is 22.6. The van der Waals surface area contributed by atoms with Gasteiger partial charge in [-0.05, 0) is 71.0 Å².